The van der Waals surface area contributed by atoms with Crippen LogP contribution in [0.1, 0.15) is 39.9 Å². The first-order chi connectivity index (χ1) is 12.7. The largest absolute Gasteiger partial charge is 0.493 e. The van der Waals surface area contributed by atoms with E-state index in [4.69, 9.17) is 14.2 Å². The molecule has 1 aromatic carbocycles. The molecule has 1 aliphatic heterocycles. The summed E-state index contributed by atoms with van der Waals surface area (Å²) in [6, 6.07) is 9.61. The number of carbonyl (C=O) groups is 1. The number of rotatable bonds is 8. The van der Waals surface area contributed by atoms with Gasteiger partial charge in [0.1, 0.15) is 6.61 Å². The van der Waals surface area contributed by atoms with Gasteiger partial charge < -0.3 is 19.5 Å². The molecule has 5 nitrogen and oxygen atoms in total. The van der Waals surface area contributed by atoms with E-state index in [1.807, 2.05) is 30.3 Å². The summed E-state index contributed by atoms with van der Waals surface area (Å²) in [6.07, 6.45) is 3.24. The van der Waals surface area contributed by atoms with E-state index < -0.39 is 0 Å². The van der Waals surface area contributed by atoms with Gasteiger partial charge in [-0.1, -0.05) is 13.0 Å². The lowest BCUT2D eigenvalue weighted by Crippen LogP contribution is -2.21. The van der Waals surface area contributed by atoms with Crippen molar-refractivity contribution < 1.29 is 19.0 Å². The van der Waals surface area contributed by atoms with Gasteiger partial charge in [0.15, 0.2) is 11.5 Å². The minimum absolute atomic E-state index is 0.0487. The van der Waals surface area contributed by atoms with Crippen LogP contribution >= 0.6 is 11.3 Å². The van der Waals surface area contributed by atoms with Crippen molar-refractivity contribution in [3.8, 4) is 11.5 Å². The number of aryl methyl sites for hydroxylation is 1. The van der Waals surface area contributed by atoms with Crippen LogP contribution < -0.4 is 14.8 Å². The van der Waals surface area contributed by atoms with Gasteiger partial charge in [0, 0.05) is 18.0 Å². The van der Waals surface area contributed by atoms with E-state index in [1.54, 1.807) is 7.11 Å². The fourth-order valence-electron chi connectivity index (χ4n) is 2.86. The summed E-state index contributed by atoms with van der Waals surface area (Å²) < 4.78 is 16.9. The predicted octanol–water partition coefficient (Wildman–Crippen LogP) is 3.81. The maximum absolute atomic E-state index is 12.2. The Labute approximate surface area is 158 Å². The molecule has 140 valence electrons. The molecule has 1 saturated heterocycles. The molecule has 1 fully saturated rings. The molecule has 1 aromatic heterocycles. The Hall–Kier alpha value is -2.05. The highest BCUT2D eigenvalue weighted by molar-refractivity contribution is 7.14. The Balaban J connectivity index is 1.56. The quantitative estimate of drug-likeness (QED) is 0.762. The molecule has 1 amide bonds. The maximum Gasteiger partial charge on any atom is 0.261 e. The summed E-state index contributed by atoms with van der Waals surface area (Å²) in [5.74, 6) is 1.32. The van der Waals surface area contributed by atoms with Gasteiger partial charge in [-0.25, -0.2) is 0 Å². The molecule has 1 aliphatic rings. The summed E-state index contributed by atoms with van der Waals surface area (Å²) >= 11 is 1.54. The Morgan fingerprint density at radius 2 is 2.19 bits per heavy atom. The van der Waals surface area contributed by atoms with Crippen LogP contribution in [-0.2, 0) is 17.7 Å². The lowest BCUT2D eigenvalue weighted by Gasteiger charge is -2.15. The molecule has 2 heterocycles. The van der Waals surface area contributed by atoms with E-state index in [-0.39, 0.29) is 12.0 Å². The highest BCUT2D eigenvalue weighted by Crippen LogP contribution is 2.29. The second kappa shape index (κ2) is 9.05. The summed E-state index contributed by atoms with van der Waals surface area (Å²) in [5, 5.41) is 2.96. The number of hydrogen-bond donors (Lipinski definition) is 1. The number of benzene rings is 1. The first kappa shape index (κ1) is 18.7. The summed E-state index contributed by atoms with van der Waals surface area (Å²) in [6.45, 7) is 3.88. The molecule has 0 spiro atoms. The van der Waals surface area contributed by atoms with Crippen molar-refractivity contribution in [2.45, 2.75) is 38.8 Å². The minimum atomic E-state index is -0.0487. The van der Waals surface area contributed by atoms with Crippen molar-refractivity contribution >= 4 is 17.2 Å². The zero-order valence-corrected chi connectivity index (χ0v) is 16.1. The smallest absolute Gasteiger partial charge is 0.261 e. The number of thiophene rings is 1. The van der Waals surface area contributed by atoms with Gasteiger partial charge in [-0.2, -0.15) is 0 Å². The lowest BCUT2D eigenvalue weighted by molar-refractivity contribution is 0.0669. The van der Waals surface area contributed by atoms with Gasteiger partial charge in [0.05, 0.1) is 18.1 Å². The minimum Gasteiger partial charge on any atom is -0.493 e. The Morgan fingerprint density at radius 1 is 1.31 bits per heavy atom. The number of nitrogens with one attached hydrogen (secondary N) is 1. The average molecular weight is 375 g/mol. The molecule has 0 radical (unpaired) electrons. The summed E-state index contributed by atoms with van der Waals surface area (Å²) in [5.41, 5.74) is 0.965. The topological polar surface area (TPSA) is 56.8 Å². The van der Waals surface area contributed by atoms with Gasteiger partial charge >= 0.3 is 0 Å². The molecular formula is C20H25NO4S. The van der Waals surface area contributed by atoms with E-state index in [9.17, 15) is 4.79 Å². The fourth-order valence-corrected chi connectivity index (χ4v) is 3.72. The zero-order valence-electron chi connectivity index (χ0n) is 15.2. The molecule has 0 bridgehead atoms. The highest BCUT2D eigenvalue weighted by Gasteiger charge is 2.17. The van der Waals surface area contributed by atoms with E-state index in [0.717, 1.165) is 36.3 Å². The SMILES string of the molecule is CCc1ccc(C(=O)NCc2ccc(OC[C@@H]3CCCO3)c(OC)c2)s1. The Morgan fingerprint density at radius 3 is 2.88 bits per heavy atom. The molecule has 1 atom stereocenters. The number of ether oxygens (including phenoxy) is 3. The van der Waals surface area contributed by atoms with Crippen molar-refractivity contribution in [2.24, 2.45) is 0 Å². The fraction of sp³-hybridized carbons (Fsp3) is 0.450. The van der Waals surface area contributed by atoms with Crippen molar-refractivity contribution in [1.29, 1.82) is 0 Å². The molecule has 0 saturated carbocycles. The van der Waals surface area contributed by atoms with Gasteiger partial charge in [-0.3, -0.25) is 4.79 Å². The summed E-state index contributed by atoms with van der Waals surface area (Å²) in [4.78, 5) is 14.2. The molecule has 0 aliphatic carbocycles. The standard InChI is InChI=1S/C20H25NO4S/c1-3-16-7-9-19(26-16)20(22)21-12-14-6-8-17(18(11-14)23-2)25-13-15-5-4-10-24-15/h6-9,11,15H,3-5,10,12-13H2,1-2H3,(H,21,22)/t15-/m0/s1. The summed E-state index contributed by atoms with van der Waals surface area (Å²) in [7, 11) is 1.62. The molecule has 26 heavy (non-hydrogen) atoms. The molecule has 3 rings (SSSR count). The highest BCUT2D eigenvalue weighted by atomic mass is 32.1. The van der Waals surface area contributed by atoms with Gasteiger partial charge in [-0.05, 0) is 49.1 Å². The van der Waals surface area contributed by atoms with Crippen LogP contribution in [0.15, 0.2) is 30.3 Å². The second-order valence-electron chi connectivity index (χ2n) is 6.23. The number of hydrogen-bond acceptors (Lipinski definition) is 5. The third-order valence-electron chi connectivity index (χ3n) is 4.36. The van der Waals surface area contributed by atoms with Crippen molar-refractivity contribution in [2.75, 3.05) is 20.3 Å². The predicted molar refractivity (Wildman–Crippen MR) is 102 cm³/mol. The van der Waals surface area contributed by atoms with Gasteiger partial charge in [-0.15, -0.1) is 11.3 Å². The first-order valence-electron chi connectivity index (χ1n) is 8.97. The molecule has 0 unspecified atom stereocenters. The number of methoxy groups -OCH3 is 1. The van der Waals surface area contributed by atoms with E-state index >= 15 is 0 Å². The Bertz CT molecular complexity index is 737. The molecule has 2 aromatic rings. The third-order valence-corrected chi connectivity index (χ3v) is 5.59. The third kappa shape index (κ3) is 4.77. The second-order valence-corrected chi connectivity index (χ2v) is 7.40. The average Bonchev–Trinajstić information content (AvgIpc) is 3.36. The normalized spacial score (nSPS) is 16.5. The van der Waals surface area contributed by atoms with Crippen LogP contribution in [0.3, 0.4) is 0 Å². The van der Waals surface area contributed by atoms with E-state index in [2.05, 4.69) is 12.2 Å². The maximum atomic E-state index is 12.2. The van der Waals surface area contributed by atoms with E-state index in [1.165, 1.54) is 16.2 Å². The molecule has 1 N–H and O–H groups in total. The van der Waals surface area contributed by atoms with Crippen molar-refractivity contribution in [3.63, 3.8) is 0 Å². The van der Waals surface area contributed by atoms with Crippen molar-refractivity contribution in [1.82, 2.24) is 5.32 Å². The van der Waals surface area contributed by atoms with Crippen LogP contribution in [0.25, 0.3) is 0 Å². The van der Waals surface area contributed by atoms with Crippen LogP contribution in [0.2, 0.25) is 0 Å². The number of carbonyl (C=O) groups excluding carboxylic acids is 1. The van der Waals surface area contributed by atoms with Crippen molar-refractivity contribution in [3.05, 3.63) is 45.6 Å². The lowest BCUT2D eigenvalue weighted by atomic mass is 10.2. The van der Waals surface area contributed by atoms with Gasteiger partial charge in [0.2, 0.25) is 0 Å². The Kier molecular flexibility index (Phi) is 6.52. The molecule has 6 heteroatoms. The van der Waals surface area contributed by atoms with Crippen LogP contribution in [0.5, 0.6) is 11.5 Å². The first-order valence-corrected chi connectivity index (χ1v) is 9.79. The van der Waals surface area contributed by atoms with E-state index in [0.29, 0.717) is 24.7 Å². The molecular weight excluding hydrogens is 350 g/mol. The monoisotopic (exact) mass is 375 g/mol. The van der Waals surface area contributed by atoms with Gasteiger partial charge in [0.25, 0.3) is 5.91 Å². The number of amides is 1. The van der Waals surface area contributed by atoms with Crippen LogP contribution in [0, 0.1) is 0 Å². The van der Waals surface area contributed by atoms with Crippen LogP contribution in [-0.4, -0.2) is 32.3 Å². The zero-order chi connectivity index (χ0) is 18.4. The van der Waals surface area contributed by atoms with Crippen LogP contribution in [0.4, 0.5) is 0 Å².